The summed E-state index contributed by atoms with van der Waals surface area (Å²) in [4.78, 5) is 142. The molecule has 6 aliphatic heterocycles. The minimum absolute atomic E-state index is 0.0343. The van der Waals surface area contributed by atoms with Crippen LogP contribution in [0.15, 0.2) is 120 Å². The fraction of sp³-hybridized carbons (Fsp3) is 0.558. The van der Waals surface area contributed by atoms with Crippen molar-refractivity contribution in [2.24, 2.45) is 29.6 Å². The van der Waals surface area contributed by atoms with Crippen LogP contribution in [-0.4, -0.2) is 269 Å². The largest absolute Gasteiger partial charge is 0.465 e. The average molecular weight is 1810 g/mol. The maximum Gasteiger partial charge on any atom is 0.329 e. The predicted molar refractivity (Wildman–Crippen MR) is 491 cm³/mol. The number of hydrogen-bond donors (Lipinski definition) is 5. The molecule has 14 rings (SSSR count). The molecule has 34 nitrogen and oxygen atoms in total. The summed E-state index contributed by atoms with van der Waals surface area (Å²) in [5.41, 5.74) is 21.2. The monoisotopic (exact) mass is 1800 g/mol. The summed E-state index contributed by atoms with van der Waals surface area (Å²) in [6, 6.07) is 10.7. The topological polar surface area (TPSA) is 420 Å². The maximum absolute atomic E-state index is 14.7. The van der Waals surface area contributed by atoms with E-state index in [0.717, 1.165) is 53.0 Å². The molecule has 130 heavy (non-hydrogen) atoms. The number of piperazine rings is 2. The van der Waals surface area contributed by atoms with Crippen LogP contribution in [0.5, 0.6) is 0 Å². The number of aromatic nitrogens is 9. The quantitative estimate of drug-likeness (QED) is 0.0156. The van der Waals surface area contributed by atoms with Crippen LogP contribution in [0.25, 0.3) is 33.4 Å². The van der Waals surface area contributed by atoms with Crippen LogP contribution < -0.4 is 26.6 Å². The Morgan fingerprint density at radius 3 is 2.23 bits per heavy atom. The second kappa shape index (κ2) is 43.9. The van der Waals surface area contributed by atoms with Gasteiger partial charge in [-0.15, -0.1) is 0 Å². The second-order valence-electron chi connectivity index (χ2n) is 36.0. The molecule has 7 aromatic rings. The summed E-state index contributed by atoms with van der Waals surface area (Å²) in [6.45, 7) is 19.4. The molecule has 0 spiro atoms. The Labute approximate surface area is 763 Å². The molecular formula is C95H124N18O16S. The van der Waals surface area contributed by atoms with Gasteiger partial charge in [-0.1, -0.05) is 82.4 Å². The van der Waals surface area contributed by atoms with Gasteiger partial charge in [-0.05, 0) is 161 Å². The molecule has 0 radical (unpaired) electrons. The number of piperidine rings is 1. The number of amides is 3. The molecule has 4 saturated heterocycles. The van der Waals surface area contributed by atoms with Gasteiger partial charge in [0.25, 0.3) is 28.8 Å². The number of ether oxygens (including phenoxy) is 6. The highest BCUT2D eigenvalue weighted by atomic mass is 32.1. The summed E-state index contributed by atoms with van der Waals surface area (Å²) in [5, 5.41) is 32.4. The van der Waals surface area contributed by atoms with E-state index in [4.69, 9.17) is 61.6 Å². The number of carbonyl (C=O) groups excluding carboxylic acids is 7. The number of nitrogens with two attached hydrogens (primary N) is 2. The zero-order chi connectivity index (χ0) is 91.9. The number of benzene rings is 2. The summed E-state index contributed by atoms with van der Waals surface area (Å²) < 4.78 is 44.1. The molecule has 1 saturated carbocycles. The number of nitrogen functional groups attached to an aromatic ring is 2. The van der Waals surface area contributed by atoms with Gasteiger partial charge in [-0.25, -0.2) is 39.4 Å². The number of carbonyl (C=O) groups is 7. The van der Waals surface area contributed by atoms with Gasteiger partial charge in [0.2, 0.25) is 23.6 Å². The van der Waals surface area contributed by atoms with Crippen LogP contribution in [0, 0.1) is 29.6 Å². The number of anilines is 4. The highest BCUT2D eigenvalue weighted by Crippen LogP contribution is 2.40. The molecule has 696 valence electrons. The first-order chi connectivity index (χ1) is 62.6. The Balaban J connectivity index is 0.489. The van der Waals surface area contributed by atoms with Gasteiger partial charge in [-0.2, -0.15) is 10.1 Å². The number of methoxy groups -OCH3 is 2. The summed E-state index contributed by atoms with van der Waals surface area (Å²) in [5.74, 6) is -6.10. The van der Waals surface area contributed by atoms with Crippen molar-refractivity contribution >= 4 is 104 Å². The molecule has 3 amide bonds. The molecule has 5 aromatic heterocycles. The van der Waals surface area contributed by atoms with E-state index in [9.17, 15) is 43.8 Å². The van der Waals surface area contributed by atoms with E-state index in [1.807, 2.05) is 77.8 Å². The lowest BCUT2D eigenvalue weighted by atomic mass is 9.81. The van der Waals surface area contributed by atoms with Crippen LogP contribution in [0.4, 0.5) is 23.7 Å². The zero-order valence-corrected chi connectivity index (χ0v) is 76.6. The Bertz CT molecular complexity index is 5300. The number of allylic oxidation sites excluding steroid dienone is 6. The lowest BCUT2D eigenvalue weighted by Crippen LogP contribution is -2.60. The van der Waals surface area contributed by atoms with E-state index < -0.39 is 65.7 Å². The molecule has 1 unspecified atom stereocenters. The second-order valence-corrected chi connectivity index (χ2v) is 36.3. The molecule has 7 N–H and O–H groups in total. The fourth-order valence-electron chi connectivity index (χ4n) is 18.7. The third-order valence-electron chi connectivity index (χ3n) is 26.7. The minimum Gasteiger partial charge on any atom is -0.465 e. The maximum atomic E-state index is 14.7. The molecule has 35 heteroatoms. The van der Waals surface area contributed by atoms with Gasteiger partial charge in [0.05, 0.1) is 61.5 Å². The number of oxazole rings is 1. The standard InChI is InChI=1S/C95H124N18O16S/c1-58-14-10-9-11-15-59(2)80(123-7)48-72-23-17-63(6)95(122,129-72)85(118)89(120)112-29-13-12-16-74(112)90(121)126-71(47-75(114)61(4)43-62(5)77(116)49-76(115)60(3)42-58)24-19-64-20-25-79(81(45-64)124-8)128-94(130)102-52-66-50-98-92(99-51-66)110-37-35-108(36-38-110)82(117)28-40-125-41-39-107-31-33-109(34-32-107)93-100-53-70(54-101-93)88(119)111-30-27-67-44-65(18-21-69(67)56-111)55-113-87-83(86(96)103-57-104-87)84(106-113)68-22-26-78-73(46-68)105-91(97)127-78/h9-11,14-15,18,21-22,26,43-44,46,50-51,53-54,57-58,60-61,63-64,71-72,74,77,79-81,116,122H,12-13,16-17,19-20,23-25,27-42,45,47-49,52,55-56H2,1-8H3,(H2,97,105)(H,102,130)(H2,96,103,104)/b11-9?,14-10+,59-15?,62-43+/t58-,60-,61-,63-,64-,71-,72?,74+,77+,79-,80+,81-,95-/m1/s1. The number of aliphatic hydroxyl groups excluding tert-OH is 1. The number of rotatable bonds is 20. The first kappa shape index (κ1) is 95.2. The highest BCUT2D eigenvalue weighted by Gasteiger charge is 2.53. The van der Waals surface area contributed by atoms with E-state index in [2.05, 4.69) is 73.1 Å². The first-order valence-electron chi connectivity index (χ1n) is 45.8. The Hall–Kier alpha value is -10.9. The van der Waals surface area contributed by atoms with E-state index in [-0.39, 0.29) is 103 Å². The Morgan fingerprint density at radius 2 is 1.48 bits per heavy atom. The van der Waals surface area contributed by atoms with E-state index in [1.165, 1.54) is 11.2 Å². The number of nitrogens with zero attached hydrogens (tertiary/aromatic N) is 15. The molecule has 5 fully saturated rings. The van der Waals surface area contributed by atoms with Gasteiger partial charge >= 0.3 is 5.97 Å². The summed E-state index contributed by atoms with van der Waals surface area (Å²) in [6.07, 6.45) is 21.9. The number of nitrogens with one attached hydrogen (secondary N) is 1. The SMILES string of the molecule is CO[C@H]1CC2CC[C@@H](C)[C@@](O)(O2)C(=O)C(=O)N2CCCC[C@H]2C(=O)O[C@H](CC[C@@H]2CC[C@@H](OC(=S)NCc3cnc(N4CCN(C(=O)CCOCCN5CCN(c6ncc(C(=O)N7CCc8cc(Cn9nc(-c%10ccc%11oc(N)nc%11c%10)c%10c(N)ncnc%109)ccc8C7)cn6)CC5)CC4)nc3)[C@H](OC)C2)CC(=O)[C@H](C)/C=C(\C)[C@@H](O)CC(=O)[C@H](C)C[C@H](C)/C=C/C=CC=C1C. The van der Waals surface area contributed by atoms with Crippen molar-refractivity contribution in [3.8, 4) is 11.3 Å². The number of esters is 1. The highest BCUT2D eigenvalue weighted by molar-refractivity contribution is 7.80. The molecule has 11 heterocycles. The molecular weight excluding hydrogens is 1680 g/mol. The third-order valence-corrected chi connectivity index (χ3v) is 27.0. The van der Waals surface area contributed by atoms with E-state index >= 15 is 0 Å². The van der Waals surface area contributed by atoms with Gasteiger partial charge < -0.3 is 84.3 Å². The van der Waals surface area contributed by atoms with Crippen molar-refractivity contribution in [1.29, 1.82) is 0 Å². The van der Waals surface area contributed by atoms with Crippen LogP contribution in [0.2, 0.25) is 0 Å². The van der Waals surface area contributed by atoms with Crippen molar-refractivity contribution < 1.29 is 76.6 Å². The van der Waals surface area contributed by atoms with Crippen molar-refractivity contribution in [3.05, 3.63) is 143 Å². The number of thiocarbonyl (C=S) groups is 1. The Morgan fingerprint density at radius 1 is 0.723 bits per heavy atom. The Kier molecular flexibility index (Phi) is 32.1. The third kappa shape index (κ3) is 23.7. The summed E-state index contributed by atoms with van der Waals surface area (Å²) in [7, 11) is 3.20. The zero-order valence-electron chi connectivity index (χ0n) is 75.8. The van der Waals surface area contributed by atoms with Crippen molar-refractivity contribution in [2.45, 2.75) is 212 Å². The lowest BCUT2D eigenvalue weighted by molar-refractivity contribution is -0.265. The normalized spacial score (nSPS) is 26.7. The van der Waals surface area contributed by atoms with Crippen molar-refractivity contribution in [1.82, 2.24) is 69.6 Å². The number of fused-ring (bicyclic) bond motifs is 6. The van der Waals surface area contributed by atoms with E-state index in [0.29, 0.717) is 206 Å². The smallest absolute Gasteiger partial charge is 0.329 e. The van der Waals surface area contributed by atoms with Gasteiger partial charge in [-0.3, -0.25) is 33.7 Å². The number of ketones is 3. The van der Waals surface area contributed by atoms with Gasteiger partial charge in [0, 0.05) is 172 Å². The molecule has 2 aromatic carbocycles. The lowest BCUT2D eigenvalue weighted by Gasteiger charge is -2.42. The van der Waals surface area contributed by atoms with Crippen LogP contribution in [0.1, 0.15) is 170 Å². The van der Waals surface area contributed by atoms with Crippen LogP contribution >= 0.6 is 12.2 Å². The first-order valence-corrected chi connectivity index (χ1v) is 46.2. The molecule has 7 aliphatic rings. The number of Topliss-reactive ketones (excluding diaryl/α,β-unsaturated/α-hetero) is 3. The molecule has 1 aliphatic carbocycles. The predicted octanol–water partition coefficient (Wildman–Crippen LogP) is 9.23. The van der Waals surface area contributed by atoms with Crippen LogP contribution in [0.3, 0.4) is 0 Å². The van der Waals surface area contributed by atoms with Crippen LogP contribution in [-0.2, 0) is 83.2 Å². The number of aliphatic hydroxyl groups is 2. The van der Waals surface area contributed by atoms with Crippen molar-refractivity contribution in [3.63, 3.8) is 0 Å². The molecule has 2 bridgehead atoms. The fourth-order valence-corrected chi connectivity index (χ4v) is 18.9. The van der Waals surface area contributed by atoms with Gasteiger partial charge in [0.1, 0.15) is 53.2 Å². The summed E-state index contributed by atoms with van der Waals surface area (Å²) >= 11 is 5.73. The van der Waals surface area contributed by atoms with E-state index in [1.54, 1.807) is 71.9 Å². The number of cyclic esters (lactones) is 1. The minimum atomic E-state index is -2.47. The number of hydrogen-bond acceptors (Lipinski definition) is 30. The average Bonchev–Trinajstić information content (AvgIpc) is 1.43. The van der Waals surface area contributed by atoms with Gasteiger partial charge in [0.15, 0.2) is 11.2 Å². The molecule has 13 atom stereocenters. The van der Waals surface area contributed by atoms with Crippen molar-refractivity contribution in [2.75, 3.05) is 121 Å².